The van der Waals surface area contributed by atoms with Crippen LogP contribution in [0.3, 0.4) is 0 Å². The summed E-state index contributed by atoms with van der Waals surface area (Å²) in [4.78, 5) is 0. The molecule has 2 rings (SSSR count). The zero-order valence-electron chi connectivity index (χ0n) is 9.94. The van der Waals surface area contributed by atoms with Crippen LogP contribution in [0, 0.1) is 13.8 Å². The second kappa shape index (κ2) is 5.19. The average molecular weight is 283 g/mol. The van der Waals surface area contributed by atoms with Crippen molar-refractivity contribution in [2.75, 3.05) is 18.4 Å². The smallest absolute Gasteiger partial charge is 0.0346 e. The Morgan fingerprint density at radius 2 is 2.06 bits per heavy atom. The molecule has 0 aliphatic carbocycles. The molecule has 1 unspecified atom stereocenters. The third-order valence-corrected chi connectivity index (χ3v) is 4.40. The third kappa shape index (κ3) is 2.77. The summed E-state index contributed by atoms with van der Waals surface area (Å²) < 4.78 is 1.22. The summed E-state index contributed by atoms with van der Waals surface area (Å²) in [6, 6.07) is 5.04. The van der Waals surface area contributed by atoms with E-state index in [-0.39, 0.29) is 0 Å². The van der Waals surface area contributed by atoms with E-state index in [9.17, 15) is 0 Å². The molecule has 3 heteroatoms. The van der Waals surface area contributed by atoms with Gasteiger partial charge in [0, 0.05) is 22.7 Å². The van der Waals surface area contributed by atoms with Crippen molar-refractivity contribution in [3.05, 3.63) is 27.7 Å². The molecule has 0 radical (unpaired) electrons. The van der Waals surface area contributed by atoms with Crippen LogP contribution in [-0.2, 0) is 0 Å². The summed E-state index contributed by atoms with van der Waals surface area (Å²) in [5.41, 5.74) is 3.82. The monoisotopic (exact) mass is 282 g/mol. The summed E-state index contributed by atoms with van der Waals surface area (Å²) >= 11 is 3.59. The predicted octanol–water partition coefficient (Wildman–Crippen LogP) is 3.23. The Labute approximate surface area is 106 Å². The number of anilines is 1. The molecule has 1 atom stereocenters. The van der Waals surface area contributed by atoms with Gasteiger partial charge in [0.25, 0.3) is 0 Å². The van der Waals surface area contributed by atoms with Crippen molar-refractivity contribution in [3.8, 4) is 0 Å². The van der Waals surface area contributed by atoms with Gasteiger partial charge in [-0.15, -0.1) is 0 Å². The van der Waals surface area contributed by atoms with Crippen LogP contribution in [0.2, 0.25) is 0 Å². The van der Waals surface area contributed by atoms with E-state index in [1.54, 1.807) is 0 Å². The highest BCUT2D eigenvalue weighted by molar-refractivity contribution is 9.10. The maximum Gasteiger partial charge on any atom is 0.0346 e. The number of benzene rings is 1. The van der Waals surface area contributed by atoms with Crippen molar-refractivity contribution in [1.82, 2.24) is 5.32 Å². The standard InChI is InChI=1S/C13H19BrN2/c1-9-6-12(7-10(2)13(9)14)16-8-11-4-3-5-15-11/h6-7,11,15-16H,3-5,8H2,1-2H3. The highest BCUT2D eigenvalue weighted by Crippen LogP contribution is 2.25. The molecule has 1 aromatic carbocycles. The molecule has 1 fully saturated rings. The van der Waals surface area contributed by atoms with Gasteiger partial charge in [0.2, 0.25) is 0 Å². The fourth-order valence-corrected chi connectivity index (χ4v) is 2.45. The Kier molecular flexibility index (Phi) is 3.87. The highest BCUT2D eigenvalue weighted by Gasteiger charge is 2.13. The van der Waals surface area contributed by atoms with Gasteiger partial charge in [-0.1, -0.05) is 15.9 Å². The Bertz CT molecular complexity index is 347. The molecule has 0 amide bonds. The van der Waals surface area contributed by atoms with Gasteiger partial charge >= 0.3 is 0 Å². The lowest BCUT2D eigenvalue weighted by molar-refractivity contribution is 0.633. The Balaban J connectivity index is 1.98. The molecule has 1 heterocycles. The Morgan fingerprint density at radius 1 is 1.38 bits per heavy atom. The first-order valence-corrected chi connectivity index (χ1v) is 6.70. The minimum absolute atomic E-state index is 0.643. The van der Waals surface area contributed by atoms with Crippen LogP contribution < -0.4 is 10.6 Å². The molecule has 0 aromatic heterocycles. The number of aryl methyl sites for hydroxylation is 2. The lowest BCUT2D eigenvalue weighted by Gasteiger charge is -2.14. The van der Waals surface area contributed by atoms with Crippen LogP contribution >= 0.6 is 15.9 Å². The van der Waals surface area contributed by atoms with Crippen molar-refractivity contribution in [1.29, 1.82) is 0 Å². The van der Waals surface area contributed by atoms with Gasteiger partial charge in [0.1, 0.15) is 0 Å². The van der Waals surface area contributed by atoms with Gasteiger partial charge in [-0.05, 0) is 56.5 Å². The summed E-state index contributed by atoms with van der Waals surface area (Å²) in [5.74, 6) is 0. The summed E-state index contributed by atoms with van der Waals surface area (Å²) in [6.07, 6.45) is 2.60. The van der Waals surface area contributed by atoms with E-state index in [4.69, 9.17) is 0 Å². The second-order valence-corrected chi connectivity index (χ2v) is 5.39. The normalized spacial score (nSPS) is 20.1. The summed E-state index contributed by atoms with van der Waals surface area (Å²) in [7, 11) is 0. The van der Waals surface area contributed by atoms with Crippen LogP contribution in [0.5, 0.6) is 0 Å². The summed E-state index contributed by atoms with van der Waals surface area (Å²) in [6.45, 7) is 6.47. The predicted molar refractivity (Wildman–Crippen MR) is 73.1 cm³/mol. The topological polar surface area (TPSA) is 24.1 Å². The van der Waals surface area contributed by atoms with E-state index >= 15 is 0 Å². The number of nitrogens with one attached hydrogen (secondary N) is 2. The largest absolute Gasteiger partial charge is 0.383 e. The molecule has 88 valence electrons. The Morgan fingerprint density at radius 3 is 2.62 bits per heavy atom. The minimum Gasteiger partial charge on any atom is -0.383 e. The molecule has 0 saturated carbocycles. The van der Waals surface area contributed by atoms with Crippen LogP contribution in [0.15, 0.2) is 16.6 Å². The molecule has 1 saturated heterocycles. The molecule has 0 bridgehead atoms. The third-order valence-electron chi connectivity index (χ3n) is 3.15. The zero-order valence-corrected chi connectivity index (χ0v) is 11.5. The molecule has 16 heavy (non-hydrogen) atoms. The lowest BCUT2D eigenvalue weighted by atomic mass is 10.1. The van der Waals surface area contributed by atoms with E-state index in [0.717, 1.165) is 6.54 Å². The van der Waals surface area contributed by atoms with Crippen LogP contribution in [0.1, 0.15) is 24.0 Å². The molecule has 0 spiro atoms. The molecule has 2 nitrogen and oxygen atoms in total. The first-order valence-electron chi connectivity index (χ1n) is 5.91. The van der Waals surface area contributed by atoms with Gasteiger partial charge in [-0.3, -0.25) is 0 Å². The molecular formula is C13H19BrN2. The summed E-state index contributed by atoms with van der Waals surface area (Å²) in [5, 5.41) is 7.01. The maximum atomic E-state index is 3.59. The number of hydrogen-bond acceptors (Lipinski definition) is 2. The lowest BCUT2D eigenvalue weighted by Crippen LogP contribution is -2.29. The van der Waals surface area contributed by atoms with Crippen LogP contribution in [0.4, 0.5) is 5.69 Å². The van der Waals surface area contributed by atoms with E-state index in [2.05, 4.69) is 52.5 Å². The van der Waals surface area contributed by atoms with Gasteiger partial charge in [-0.2, -0.15) is 0 Å². The fraction of sp³-hybridized carbons (Fsp3) is 0.538. The van der Waals surface area contributed by atoms with Crippen molar-refractivity contribution in [2.45, 2.75) is 32.7 Å². The van der Waals surface area contributed by atoms with Gasteiger partial charge < -0.3 is 10.6 Å². The SMILES string of the molecule is Cc1cc(NCC2CCCN2)cc(C)c1Br. The van der Waals surface area contributed by atoms with Gasteiger partial charge in [0.15, 0.2) is 0 Å². The van der Waals surface area contributed by atoms with E-state index in [1.807, 2.05) is 0 Å². The van der Waals surface area contributed by atoms with Crippen molar-refractivity contribution in [2.24, 2.45) is 0 Å². The molecular weight excluding hydrogens is 264 g/mol. The fourth-order valence-electron chi connectivity index (χ4n) is 2.22. The van der Waals surface area contributed by atoms with Crippen molar-refractivity contribution < 1.29 is 0 Å². The van der Waals surface area contributed by atoms with Crippen molar-refractivity contribution in [3.63, 3.8) is 0 Å². The van der Waals surface area contributed by atoms with Gasteiger partial charge in [0.05, 0.1) is 0 Å². The number of halogens is 1. The average Bonchev–Trinajstić information content (AvgIpc) is 2.75. The highest BCUT2D eigenvalue weighted by atomic mass is 79.9. The molecule has 1 aliphatic rings. The first-order chi connectivity index (χ1) is 7.66. The number of hydrogen-bond donors (Lipinski definition) is 2. The zero-order chi connectivity index (χ0) is 11.5. The van der Waals surface area contributed by atoms with E-state index in [0.29, 0.717) is 6.04 Å². The second-order valence-electron chi connectivity index (χ2n) is 4.60. The maximum absolute atomic E-state index is 3.59. The Hall–Kier alpha value is -0.540. The van der Waals surface area contributed by atoms with Crippen LogP contribution in [0.25, 0.3) is 0 Å². The van der Waals surface area contributed by atoms with Crippen molar-refractivity contribution >= 4 is 21.6 Å². The minimum atomic E-state index is 0.643. The molecule has 2 N–H and O–H groups in total. The number of rotatable bonds is 3. The quantitative estimate of drug-likeness (QED) is 0.890. The van der Waals surface area contributed by atoms with E-state index in [1.165, 1.54) is 40.7 Å². The van der Waals surface area contributed by atoms with E-state index < -0.39 is 0 Å². The molecule has 1 aliphatic heterocycles. The van der Waals surface area contributed by atoms with Crippen LogP contribution in [-0.4, -0.2) is 19.1 Å². The van der Waals surface area contributed by atoms with Gasteiger partial charge in [-0.25, -0.2) is 0 Å². The first kappa shape index (κ1) is 11.9. The molecule has 1 aromatic rings.